The molecule has 0 amide bonds. The van der Waals surface area contributed by atoms with Gasteiger partial charge in [-0.2, -0.15) is 0 Å². The second kappa shape index (κ2) is 5.23. The van der Waals surface area contributed by atoms with Gasteiger partial charge in [-0.3, -0.25) is 0 Å². The summed E-state index contributed by atoms with van der Waals surface area (Å²) < 4.78 is 4.26. The van der Waals surface area contributed by atoms with Gasteiger partial charge in [-0.05, 0) is 24.1 Å². The Morgan fingerprint density at radius 2 is 1.61 bits per heavy atom. The number of para-hydroxylation sites is 2. The molecular formula is C19H20N4. The molecule has 4 aromatic rings. The highest BCUT2D eigenvalue weighted by atomic mass is 15.4. The predicted molar refractivity (Wildman–Crippen MR) is 93.4 cm³/mol. The third kappa shape index (κ3) is 2.13. The molecule has 0 aliphatic rings. The monoisotopic (exact) mass is 304 g/mol. The molecule has 1 atom stereocenters. The van der Waals surface area contributed by atoms with Crippen LogP contribution in [-0.4, -0.2) is 19.6 Å². The minimum absolute atomic E-state index is 0.161. The van der Waals surface area contributed by atoms with Crippen LogP contribution in [0.25, 0.3) is 21.9 Å². The van der Waals surface area contributed by atoms with E-state index < -0.39 is 0 Å². The van der Waals surface area contributed by atoms with Crippen molar-refractivity contribution in [1.29, 1.82) is 0 Å². The molecule has 0 N–H and O–H groups in total. The topological polar surface area (TPSA) is 35.6 Å². The summed E-state index contributed by atoms with van der Waals surface area (Å²) in [6, 6.07) is 16.9. The maximum Gasteiger partial charge on any atom is 0.113 e. The van der Waals surface area contributed by atoms with E-state index in [1.165, 1.54) is 16.5 Å². The molecule has 1 unspecified atom stereocenters. The molecule has 0 spiro atoms. The summed E-state index contributed by atoms with van der Waals surface area (Å²) in [6.45, 7) is 4.48. The van der Waals surface area contributed by atoms with E-state index in [1.807, 2.05) is 18.2 Å². The molecule has 4 heteroatoms. The van der Waals surface area contributed by atoms with Gasteiger partial charge < -0.3 is 4.57 Å². The molecule has 0 fully saturated rings. The van der Waals surface area contributed by atoms with Crippen LogP contribution in [0, 0.1) is 5.92 Å². The molecule has 0 radical (unpaired) electrons. The maximum absolute atomic E-state index is 4.47. The maximum atomic E-state index is 4.47. The number of rotatable bonds is 3. The first-order chi connectivity index (χ1) is 11.2. The summed E-state index contributed by atoms with van der Waals surface area (Å²) in [4.78, 5) is 0. The SMILES string of the molecule is CC(C)C(c1cn(C)c2ccccc12)n1nnc2ccccc21. The van der Waals surface area contributed by atoms with Crippen molar-refractivity contribution < 1.29 is 0 Å². The second-order valence-electron chi connectivity index (χ2n) is 6.42. The van der Waals surface area contributed by atoms with E-state index in [9.17, 15) is 0 Å². The van der Waals surface area contributed by atoms with Crippen LogP contribution in [0.2, 0.25) is 0 Å². The molecule has 2 aromatic heterocycles. The van der Waals surface area contributed by atoms with Crippen LogP contribution in [0.4, 0.5) is 0 Å². The molecule has 0 saturated carbocycles. The Kier molecular flexibility index (Phi) is 3.18. The fourth-order valence-corrected chi connectivity index (χ4v) is 3.47. The molecule has 0 saturated heterocycles. The van der Waals surface area contributed by atoms with Crippen LogP contribution in [0.15, 0.2) is 54.7 Å². The summed E-state index contributed by atoms with van der Waals surface area (Å²) in [7, 11) is 2.10. The Labute approximate surface area is 135 Å². The zero-order valence-corrected chi connectivity index (χ0v) is 13.6. The number of benzene rings is 2. The van der Waals surface area contributed by atoms with Gasteiger partial charge in [0, 0.05) is 29.7 Å². The second-order valence-corrected chi connectivity index (χ2v) is 6.42. The fraction of sp³-hybridized carbons (Fsp3) is 0.263. The van der Waals surface area contributed by atoms with Crippen molar-refractivity contribution in [2.75, 3.05) is 0 Å². The zero-order valence-electron chi connectivity index (χ0n) is 13.6. The Balaban J connectivity index is 1.98. The van der Waals surface area contributed by atoms with Crippen LogP contribution in [0.5, 0.6) is 0 Å². The molecule has 0 bridgehead atoms. The Morgan fingerprint density at radius 1 is 0.913 bits per heavy atom. The molecule has 2 heterocycles. The zero-order chi connectivity index (χ0) is 16.0. The smallest absolute Gasteiger partial charge is 0.113 e. The van der Waals surface area contributed by atoms with Crippen LogP contribution in [0.1, 0.15) is 25.5 Å². The van der Waals surface area contributed by atoms with Gasteiger partial charge >= 0.3 is 0 Å². The van der Waals surface area contributed by atoms with Gasteiger partial charge in [0.05, 0.1) is 11.6 Å². The third-order valence-corrected chi connectivity index (χ3v) is 4.52. The number of hydrogen-bond acceptors (Lipinski definition) is 2. The molecule has 23 heavy (non-hydrogen) atoms. The van der Waals surface area contributed by atoms with Gasteiger partial charge in [-0.1, -0.05) is 49.4 Å². The van der Waals surface area contributed by atoms with Gasteiger partial charge in [0.25, 0.3) is 0 Å². The van der Waals surface area contributed by atoms with E-state index in [1.54, 1.807) is 0 Å². The minimum atomic E-state index is 0.161. The molecule has 4 nitrogen and oxygen atoms in total. The number of hydrogen-bond donors (Lipinski definition) is 0. The van der Waals surface area contributed by atoms with E-state index in [0.717, 1.165) is 11.0 Å². The Bertz CT molecular complexity index is 977. The van der Waals surface area contributed by atoms with Gasteiger partial charge in [0.2, 0.25) is 0 Å². The third-order valence-electron chi connectivity index (χ3n) is 4.52. The normalized spacial score (nSPS) is 13.2. The quantitative estimate of drug-likeness (QED) is 0.569. The molecule has 0 aliphatic heterocycles. The summed E-state index contributed by atoms with van der Waals surface area (Å²) in [6.07, 6.45) is 2.23. The van der Waals surface area contributed by atoms with Crippen LogP contribution in [-0.2, 0) is 7.05 Å². The Hall–Kier alpha value is -2.62. The van der Waals surface area contributed by atoms with E-state index in [-0.39, 0.29) is 6.04 Å². The first-order valence-corrected chi connectivity index (χ1v) is 8.00. The number of aromatic nitrogens is 4. The van der Waals surface area contributed by atoms with Gasteiger partial charge in [-0.15, -0.1) is 5.10 Å². The van der Waals surface area contributed by atoms with Crippen molar-refractivity contribution in [3.05, 3.63) is 60.3 Å². The Morgan fingerprint density at radius 3 is 2.39 bits per heavy atom. The van der Waals surface area contributed by atoms with Crippen LogP contribution >= 0.6 is 0 Å². The molecule has 116 valence electrons. The van der Waals surface area contributed by atoms with Crippen LogP contribution < -0.4 is 0 Å². The lowest BCUT2D eigenvalue weighted by molar-refractivity contribution is 0.406. The molecule has 4 rings (SSSR count). The molecular weight excluding hydrogens is 284 g/mol. The van der Waals surface area contributed by atoms with E-state index >= 15 is 0 Å². The van der Waals surface area contributed by atoms with Crippen molar-refractivity contribution in [1.82, 2.24) is 19.6 Å². The predicted octanol–water partition coefficient (Wildman–Crippen LogP) is 4.17. The first-order valence-electron chi connectivity index (χ1n) is 8.00. The lowest BCUT2D eigenvalue weighted by Crippen LogP contribution is -2.18. The van der Waals surface area contributed by atoms with E-state index in [2.05, 4.69) is 77.0 Å². The average molecular weight is 304 g/mol. The summed E-state index contributed by atoms with van der Waals surface area (Å²) >= 11 is 0. The summed E-state index contributed by atoms with van der Waals surface area (Å²) in [5, 5.41) is 10.1. The standard InChI is InChI=1S/C19H20N4/c1-13(2)19(23-18-11-7-5-9-16(18)20-21-23)15-12-22(3)17-10-6-4-8-14(15)17/h4-13,19H,1-3H3. The van der Waals surface area contributed by atoms with Gasteiger partial charge in [-0.25, -0.2) is 4.68 Å². The highest BCUT2D eigenvalue weighted by Crippen LogP contribution is 2.34. The van der Waals surface area contributed by atoms with E-state index in [4.69, 9.17) is 0 Å². The minimum Gasteiger partial charge on any atom is -0.350 e. The lowest BCUT2D eigenvalue weighted by atomic mass is 9.95. The van der Waals surface area contributed by atoms with Crippen molar-refractivity contribution in [2.24, 2.45) is 13.0 Å². The summed E-state index contributed by atoms with van der Waals surface area (Å²) in [5.74, 6) is 0.408. The highest BCUT2D eigenvalue weighted by Gasteiger charge is 2.24. The first kappa shape index (κ1) is 14.0. The molecule has 2 aromatic carbocycles. The molecule has 0 aliphatic carbocycles. The largest absolute Gasteiger partial charge is 0.350 e. The van der Waals surface area contributed by atoms with Crippen molar-refractivity contribution in [3.63, 3.8) is 0 Å². The number of nitrogens with zero attached hydrogens (tertiary/aromatic N) is 4. The highest BCUT2D eigenvalue weighted by molar-refractivity contribution is 5.85. The van der Waals surface area contributed by atoms with E-state index in [0.29, 0.717) is 5.92 Å². The summed E-state index contributed by atoms with van der Waals surface area (Å²) in [5.41, 5.74) is 4.57. The lowest BCUT2D eigenvalue weighted by Gasteiger charge is -2.21. The average Bonchev–Trinajstić information content (AvgIpc) is 3.11. The van der Waals surface area contributed by atoms with Crippen molar-refractivity contribution in [2.45, 2.75) is 19.9 Å². The van der Waals surface area contributed by atoms with Crippen molar-refractivity contribution in [3.8, 4) is 0 Å². The van der Waals surface area contributed by atoms with Gasteiger partial charge in [0.15, 0.2) is 0 Å². The number of fused-ring (bicyclic) bond motifs is 2. The van der Waals surface area contributed by atoms with Crippen LogP contribution in [0.3, 0.4) is 0 Å². The van der Waals surface area contributed by atoms with Gasteiger partial charge in [0.1, 0.15) is 5.52 Å². The number of aryl methyl sites for hydroxylation is 1. The fourth-order valence-electron chi connectivity index (χ4n) is 3.47. The van der Waals surface area contributed by atoms with Crippen molar-refractivity contribution >= 4 is 21.9 Å².